The van der Waals surface area contributed by atoms with E-state index in [1.807, 2.05) is 0 Å². The van der Waals surface area contributed by atoms with Gasteiger partial charge in [-0.25, -0.2) is 0 Å². The molecule has 0 radical (unpaired) electrons. The van der Waals surface area contributed by atoms with Gasteiger partial charge in [-0.2, -0.15) is 0 Å². The molecule has 0 aromatic heterocycles. The second-order valence-corrected chi connectivity index (χ2v) is 5.81. The van der Waals surface area contributed by atoms with E-state index in [1.165, 1.54) is 31.3 Å². The van der Waals surface area contributed by atoms with Crippen molar-refractivity contribution < 1.29 is 0 Å². The van der Waals surface area contributed by atoms with E-state index in [0.29, 0.717) is 0 Å². The Morgan fingerprint density at radius 2 is 2.14 bits per heavy atom. The first-order valence-corrected chi connectivity index (χ1v) is 6.48. The first kappa shape index (κ1) is 8.84. The number of allylic oxidation sites excluding steroid dienone is 5. The third-order valence-electron chi connectivity index (χ3n) is 3.49. The van der Waals surface area contributed by atoms with Gasteiger partial charge in [-0.15, -0.1) is 11.8 Å². The maximum Gasteiger partial charge on any atom is 0.0377 e. The molecule has 0 spiro atoms. The van der Waals surface area contributed by atoms with E-state index in [1.54, 1.807) is 10.5 Å². The van der Waals surface area contributed by atoms with Crippen molar-refractivity contribution >= 4 is 11.8 Å². The molecule has 1 heteroatoms. The number of hydrogen-bond donors (Lipinski definition) is 0. The monoisotopic (exact) mass is 204 g/mol. The van der Waals surface area contributed by atoms with Gasteiger partial charge in [-0.3, -0.25) is 0 Å². The summed E-state index contributed by atoms with van der Waals surface area (Å²) in [7, 11) is 0. The molecule has 2 unspecified atom stereocenters. The van der Waals surface area contributed by atoms with Crippen LogP contribution in [0.3, 0.4) is 0 Å². The lowest BCUT2D eigenvalue weighted by Crippen LogP contribution is -2.13. The van der Waals surface area contributed by atoms with Crippen LogP contribution >= 0.6 is 11.8 Å². The zero-order valence-electron chi connectivity index (χ0n) is 8.62. The van der Waals surface area contributed by atoms with Gasteiger partial charge in [-0.1, -0.05) is 29.4 Å². The van der Waals surface area contributed by atoms with Gasteiger partial charge in [0.2, 0.25) is 0 Å². The second-order valence-electron chi connectivity index (χ2n) is 4.53. The van der Waals surface area contributed by atoms with Crippen molar-refractivity contribution in [3.8, 4) is 0 Å². The summed E-state index contributed by atoms with van der Waals surface area (Å²) in [6.07, 6.45) is 12.7. The standard InChI is InChI=1S/C13H16S/c1-9-6-7-11-10-4-2-3-5-12(10)14-13(11)8-9/h6-8,11,13H,2-5H2,1H3. The molecule has 1 aliphatic heterocycles. The van der Waals surface area contributed by atoms with E-state index in [9.17, 15) is 0 Å². The molecule has 2 atom stereocenters. The number of hydrogen-bond acceptors (Lipinski definition) is 1. The van der Waals surface area contributed by atoms with Gasteiger partial charge in [0, 0.05) is 11.2 Å². The summed E-state index contributed by atoms with van der Waals surface area (Å²) < 4.78 is 0. The highest BCUT2D eigenvalue weighted by molar-refractivity contribution is 8.04. The molecule has 0 fully saturated rings. The number of fused-ring (bicyclic) bond motifs is 2. The Labute approximate surface area is 90.2 Å². The average molecular weight is 204 g/mol. The molecule has 0 saturated heterocycles. The lowest BCUT2D eigenvalue weighted by Gasteiger charge is -2.20. The molecule has 74 valence electrons. The van der Waals surface area contributed by atoms with Crippen molar-refractivity contribution in [2.75, 3.05) is 0 Å². The predicted molar refractivity (Wildman–Crippen MR) is 63.3 cm³/mol. The number of rotatable bonds is 0. The maximum absolute atomic E-state index is 2.45. The largest absolute Gasteiger partial charge is 0.122 e. The Bertz CT molecular complexity index is 346. The molecule has 0 N–H and O–H groups in total. The Morgan fingerprint density at radius 3 is 3.07 bits per heavy atom. The maximum atomic E-state index is 2.45. The molecule has 0 nitrogen and oxygen atoms in total. The van der Waals surface area contributed by atoms with Crippen molar-refractivity contribution in [1.29, 1.82) is 0 Å². The van der Waals surface area contributed by atoms with E-state index in [-0.39, 0.29) is 0 Å². The molecular formula is C13H16S. The zero-order chi connectivity index (χ0) is 9.54. The fourth-order valence-corrected chi connectivity index (χ4v) is 4.42. The molecule has 2 aliphatic carbocycles. The van der Waals surface area contributed by atoms with Crippen LogP contribution < -0.4 is 0 Å². The third-order valence-corrected chi connectivity index (χ3v) is 4.94. The van der Waals surface area contributed by atoms with Gasteiger partial charge in [0.15, 0.2) is 0 Å². The summed E-state index contributed by atoms with van der Waals surface area (Å²) in [6.45, 7) is 2.21. The van der Waals surface area contributed by atoms with Crippen LogP contribution in [0, 0.1) is 5.92 Å². The van der Waals surface area contributed by atoms with Crippen molar-refractivity contribution in [1.82, 2.24) is 0 Å². The Morgan fingerprint density at radius 1 is 1.29 bits per heavy atom. The normalized spacial score (nSPS) is 35.4. The van der Waals surface area contributed by atoms with Crippen LogP contribution in [0.25, 0.3) is 0 Å². The molecule has 1 heterocycles. The minimum absolute atomic E-state index is 0.739. The third kappa shape index (κ3) is 1.30. The van der Waals surface area contributed by atoms with Crippen LogP contribution in [0.4, 0.5) is 0 Å². The topological polar surface area (TPSA) is 0 Å². The van der Waals surface area contributed by atoms with Gasteiger partial charge in [0.1, 0.15) is 0 Å². The second kappa shape index (κ2) is 3.30. The zero-order valence-corrected chi connectivity index (χ0v) is 9.44. The predicted octanol–water partition coefficient (Wildman–Crippen LogP) is 4.06. The van der Waals surface area contributed by atoms with E-state index in [2.05, 4.69) is 36.9 Å². The highest BCUT2D eigenvalue weighted by Gasteiger charge is 2.34. The first-order chi connectivity index (χ1) is 6.84. The molecular weight excluding hydrogens is 188 g/mol. The van der Waals surface area contributed by atoms with Crippen molar-refractivity contribution in [3.05, 3.63) is 34.3 Å². The van der Waals surface area contributed by atoms with Crippen LogP contribution in [-0.4, -0.2) is 5.25 Å². The van der Waals surface area contributed by atoms with Crippen LogP contribution in [0.1, 0.15) is 32.6 Å². The van der Waals surface area contributed by atoms with Crippen molar-refractivity contribution in [2.45, 2.75) is 37.9 Å². The molecule has 14 heavy (non-hydrogen) atoms. The molecule has 0 aromatic rings. The summed E-state index contributed by atoms with van der Waals surface area (Å²) in [5, 5.41) is 0.739. The number of thioether (sulfide) groups is 1. The summed E-state index contributed by atoms with van der Waals surface area (Å²) in [4.78, 5) is 1.72. The van der Waals surface area contributed by atoms with Gasteiger partial charge >= 0.3 is 0 Å². The average Bonchev–Trinajstić information content (AvgIpc) is 2.54. The molecule has 3 rings (SSSR count). The Kier molecular flexibility index (Phi) is 2.09. The first-order valence-electron chi connectivity index (χ1n) is 5.60. The summed E-state index contributed by atoms with van der Waals surface area (Å²) in [5.74, 6) is 0.749. The quantitative estimate of drug-likeness (QED) is 0.573. The Balaban J connectivity index is 1.93. The highest BCUT2D eigenvalue weighted by atomic mass is 32.2. The van der Waals surface area contributed by atoms with Crippen LogP contribution in [0.5, 0.6) is 0 Å². The van der Waals surface area contributed by atoms with Crippen LogP contribution in [-0.2, 0) is 0 Å². The summed E-state index contributed by atoms with van der Waals surface area (Å²) in [5.41, 5.74) is 3.21. The fraction of sp³-hybridized carbons (Fsp3) is 0.538. The summed E-state index contributed by atoms with van der Waals surface area (Å²) in [6, 6.07) is 0. The SMILES string of the molecule is CC1=CC2SC3=C(CCCC3)C2C=C1. The van der Waals surface area contributed by atoms with E-state index in [4.69, 9.17) is 0 Å². The van der Waals surface area contributed by atoms with Crippen molar-refractivity contribution in [2.24, 2.45) is 5.92 Å². The summed E-state index contributed by atoms with van der Waals surface area (Å²) >= 11 is 2.13. The highest BCUT2D eigenvalue weighted by Crippen LogP contribution is 2.50. The minimum atomic E-state index is 0.739. The molecule has 0 aromatic carbocycles. The van der Waals surface area contributed by atoms with Gasteiger partial charge in [0.25, 0.3) is 0 Å². The van der Waals surface area contributed by atoms with Crippen LogP contribution in [0.2, 0.25) is 0 Å². The Hall–Kier alpha value is -0.430. The molecule has 0 bridgehead atoms. The van der Waals surface area contributed by atoms with E-state index < -0.39 is 0 Å². The molecule has 0 saturated carbocycles. The molecule has 3 aliphatic rings. The van der Waals surface area contributed by atoms with Gasteiger partial charge < -0.3 is 0 Å². The van der Waals surface area contributed by atoms with E-state index >= 15 is 0 Å². The lowest BCUT2D eigenvalue weighted by atomic mass is 9.84. The van der Waals surface area contributed by atoms with Gasteiger partial charge in [-0.05, 0) is 37.5 Å². The van der Waals surface area contributed by atoms with E-state index in [0.717, 1.165) is 11.2 Å². The lowest BCUT2D eigenvalue weighted by molar-refractivity contribution is 0.637. The smallest absolute Gasteiger partial charge is 0.0377 e. The fourth-order valence-electron chi connectivity index (χ4n) is 2.76. The van der Waals surface area contributed by atoms with Gasteiger partial charge in [0.05, 0.1) is 0 Å². The van der Waals surface area contributed by atoms with Crippen molar-refractivity contribution in [3.63, 3.8) is 0 Å². The minimum Gasteiger partial charge on any atom is -0.122 e. The van der Waals surface area contributed by atoms with Crippen LogP contribution in [0.15, 0.2) is 34.3 Å². The molecule has 0 amide bonds.